The van der Waals surface area contributed by atoms with Gasteiger partial charge in [-0.1, -0.05) is 48.5 Å². The Balaban J connectivity index is 1.83. The standard InChI is InChI=1S/C22H24N2O2/c1-22(2,3)26-21(25)24-14-13-17-16-11-7-8-12-18(16)23-19(17)20(24)15-9-5-4-6-10-15/h4-12,20,23H,13-14H2,1-3H3/t20-/m0/s1. The van der Waals surface area contributed by atoms with Crippen molar-refractivity contribution in [1.82, 2.24) is 9.88 Å². The molecule has 0 unspecified atom stereocenters. The number of H-pyrrole nitrogens is 1. The first-order chi connectivity index (χ1) is 12.4. The minimum Gasteiger partial charge on any atom is -0.444 e. The average molecular weight is 348 g/mol. The average Bonchev–Trinajstić information content (AvgIpc) is 2.99. The number of ether oxygens (including phenoxy) is 1. The maximum absolute atomic E-state index is 12.9. The monoisotopic (exact) mass is 348 g/mol. The fraction of sp³-hybridized carbons (Fsp3) is 0.318. The number of aromatic amines is 1. The number of para-hydroxylation sites is 1. The molecule has 3 aromatic rings. The quantitative estimate of drug-likeness (QED) is 0.669. The first kappa shape index (κ1) is 16.7. The highest BCUT2D eigenvalue weighted by atomic mass is 16.6. The second kappa shape index (κ2) is 6.20. The summed E-state index contributed by atoms with van der Waals surface area (Å²) < 4.78 is 5.69. The normalized spacial score (nSPS) is 17.2. The van der Waals surface area contributed by atoms with E-state index in [4.69, 9.17) is 4.74 Å². The highest BCUT2D eigenvalue weighted by Crippen LogP contribution is 2.38. The summed E-state index contributed by atoms with van der Waals surface area (Å²) in [5.41, 5.74) is 4.08. The largest absolute Gasteiger partial charge is 0.444 e. The molecule has 1 amide bonds. The van der Waals surface area contributed by atoms with Gasteiger partial charge in [0.1, 0.15) is 11.6 Å². The molecule has 1 aliphatic rings. The third-order valence-electron chi connectivity index (χ3n) is 4.78. The lowest BCUT2D eigenvalue weighted by Crippen LogP contribution is -2.43. The summed E-state index contributed by atoms with van der Waals surface area (Å²) >= 11 is 0. The Bertz CT molecular complexity index is 938. The number of nitrogens with zero attached hydrogens (tertiary/aromatic N) is 1. The molecule has 1 aromatic heterocycles. The number of nitrogens with one attached hydrogen (secondary N) is 1. The maximum atomic E-state index is 12.9. The van der Waals surface area contributed by atoms with Crippen LogP contribution in [0.5, 0.6) is 0 Å². The van der Waals surface area contributed by atoms with E-state index < -0.39 is 5.60 Å². The van der Waals surface area contributed by atoms with Crippen LogP contribution in [-0.2, 0) is 11.2 Å². The Morgan fingerprint density at radius 1 is 1.08 bits per heavy atom. The number of amides is 1. The van der Waals surface area contributed by atoms with Gasteiger partial charge in [0, 0.05) is 23.1 Å². The van der Waals surface area contributed by atoms with Crippen LogP contribution in [-0.4, -0.2) is 28.1 Å². The third-order valence-corrected chi connectivity index (χ3v) is 4.78. The van der Waals surface area contributed by atoms with Crippen molar-refractivity contribution < 1.29 is 9.53 Å². The zero-order valence-electron chi connectivity index (χ0n) is 15.5. The molecule has 0 fully saturated rings. The van der Waals surface area contributed by atoms with E-state index in [9.17, 15) is 4.79 Å². The number of rotatable bonds is 1. The Morgan fingerprint density at radius 3 is 2.50 bits per heavy atom. The molecule has 0 radical (unpaired) electrons. The summed E-state index contributed by atoms with van der Waals surface area (Å²) in [5.74, 6) is 0. The minimum atomic E-state index is -0.515. The molecule has 1 aliphatic heterocycles. The fourth-order valence-corrected chi connectivity index (χ4v) is 3.74. The number of fused-ring (bicyclic) bond motifs is 3. The molecular weight excluding hydrogens is 324 g/mol. The lowest BCUT2D eigenvalue weighted by molar-refractivity contribution is 0.0175. The van der Waals surface area contributed by atoms with Crippen LogP contribution in [0.25, 0.3) is 10.9 Å². The van der Waals surface area contributed by atoms with Crippen LogP contribution in [0.4, 0.5) is 4.79 Å². The van der Waals surface area contributed by atoms with E-state index in [1.54, 1.807) is 0 Å². The van der Waals surface area contributed by atoms with E-state index in [2.05, 4.69) is 35.3 Å². The first-order valence-electron chi connectivity index (χ1n) is 9.08. The van der Waals surface area contributed by atoms with E-state index in [1.807, 2.05) is 49.9 Å². The lowest BCUT2D eigenvalue weighted by atomic mass is 9.93. The van der Waals surface area contributed by atoms with Crippen molar-refractivity contribution in [1.29, 1.82) is 0 Å². The van der Waals surface area contributed by atoms with Crippen LogP contribution in [0.3, 0.4) is 0 Å². The smallest absolute Gasteiger partial charge is 0.411 e. The number of hydrogen-bond acceptors (Lipinski definition) is 2. The minimum absolute atomic E-state index is 0.165. The highest BCUT2D eigenvalue weighted by molar-refractivity contribution is 5.86. The second-order valence-corrected chi connectivity index (χ2v) is 7.80. The number of carbonyl (C=O) groups is 1. The predicted octanol–water partition coefficient (Wildman–Crippen LogP) is 5.05. The van der Waals surface area contributed by atoms with Gasteiger partial charge in [-0.25, -0.2) is 4.79 Å². The van der Waals surface area contributed by atoms with Gasteiger partial charge in [0.15, 0.2) is 0 Å². The van der Waals surface area contributed by atoms with Crippen molar-refractivity contribution in [2.45, 2.75) is 38.8 Å². The highest BCUT2D eigenvalue weighted by Gasteiger charge is 2.36. The van der Waals surface area contributed by atoms with Gasteiger partial charge < -0.3 is 9.72 Å². The molecule has 0 saturated carbocycles. The van der Waals surface area contributed by atoms with Gasteiger partial charge in [0.2, 0.25) is 0 Å². The zero-order chi connectivity index (χ0) is 18.3. The van der Waals surface area contributed by atoms with Crippen LogP contribution < -0.4 is 0 Å². The molecule has 134 valence electrons. The number of aromatic nitrogens is 1. The van der Waals surface area contributed by atoms with Crippen LogP contribution in [0.2, 0.25) is 0 Å². The van der Waals surface area contributed by atoms with Crippen LogP contribution in [0.15, 0.2) is 54.6 Å². The van der Waals surface area contributed by atoms with Crippen molar-refractivity contribution in [3.63, 3.8) is 0 Å². The van der Waals surface area contributed by atoms with Crippen molar-refractivity contribution >= 4 is 17.0 Å². The van der Waals surface area contributed by atoms with Gasteiger partial charge in [-0.2, -0.15) is 0 Å². The van der Waals surface area contributed by atoms with Gasteiger partial charge in [0.25, 0.3) is 0 Å². The van der Waals surface area contributed by atoms with E-state index in [0.29, 0.717) is 6.54 Å². The van der Waals surface area contributed by atoms with E-state index in [1.165, 1.54) is 10.9 Å². The van der Waals surface area contributed by atoms with Crippen molar-refractivity contribution in [3.05, 3.63) is 71.4 Å². The maximum Gasteiger partial charge on any atom is 0.411 e. The molecule has 4 nitrogen and oxygen atoms in total. The van der Waals surface area contributed by atoms with Gasteiger partial charge in [-0.3, -0.25) is 4.90 Å². The Labute approximate surface area is 153 Å². The molecule has 0 bridgehead atoms. The molecule has 26 heavy (non-hydrogen) atoms. The Kier molecular flexibility index (Phi) is 3.98. The molecule has 4 heteroatoms. The van der Waals surface area contributed by atoms with Crippen molar-refractivity contribution in [3.8, 4) is 0 Å². The van der Waals surface area contributed by atoms with E-state index in [-0.39, 0.29) is 12.1 Å². The zero-order valence-corrected chi connectivity index (χ0v) is 15.5. The summed E-state index contributed by atoms with van der Waals surface area (Å²) in [7, 11) is 0. The fourth-order valence-electron chi connectivity index (χ4n) is 3.74. The summed E-state index contributed by atoms with van der Waals surface area (Å²) in [5, 5.41) is 1.24. The number of hydrogen-bond donors (Lipinski definition) is 1. The first-order valence-corrected chi connectivity index (χ1v) is 9.08. The second-order valence-electron chi connectivity index (χ2n) is 7.80. The Morgan fingerprint density at radius 2 is 1.77 bits per heavy atom. The molecular formula is C22H24N2O2. The van der Waals surface area contributed by atoms with Crippen molar-refractivity contribution in [2.24, 2.45) is 0 Å². The van der Waals surface area contributed by atoms with Crippen molar-refractivity contribution in [2.75, 3.05) is 6.54 Å². The molecule has 0 saturated heterocycles. The summed E-state index contributed by atoms with van der Waals surface area (Å²) in [6, 6.07) is 18.3. The van der Waals surface area contributed by atoms with Crippen LogP contribution in [0, 0.1) is 0 Å². The van der Waals surface area contributed by atoms with Crippen LogP contribution >= 0.6 is 0 Å². The summed E-state index contributed by atoms with van der Waals surface area (Å²) in [4.78, 5) is 18.3. The molecule has 4 rings (SSSR count). The third kappa shape index (κ3) is 2.96. The topological polar surface area (TPSA) is 45.3 Å². The molecule has 2 aromatic carbocycles. The van der Waals surface area contributed by atoms with Gasteiger partial charge >= 0.3 is 6.09 Å². The molecule has 0 spiro atoms. The van der Waals surface area contributed by atoms with Gasteiger partial charge in [-0.05, 0) is 44.4 Å². The Hall–Kier alpha value is -2.75. The van der Waals surface area contributed by atoms with Gasteiger partial charge in [0.05, 0.1) is 0 Å². The SMILES string of the molecule is CC(C)(C)OC(=O)N1CCc2c([nH]c3ccccc23)[C@@H]1c1ccccc1. The van der Waals surface area contributed by atoms with Crippen LogP contribution in [0.1, 0.15) is 43.6 Å². The predicted molar refractivity (Wildman–Crippen MR) is 103 cm³/mol. The van der Waals surface area contributed by atoms with E-state index in [0.717, 1.165) is 23.2 Å². The number of benzene rings is 2. The lowest BCUT2D eigenvalue weighted by Gasteiger charge is -2.37. The molecule has 1 atom stereocenters. The number of carbonyl (C=O) groups excluding carboxylic acids is 1. The molecule has 2 heterocycles. The van der Waals surface area contributed by atoms with E-state index >= 15 is 0 Å². The summed E-state index contributed by atoms with van der Waals surface area (Å²) in [6.45, 7) is 6.35. The molecule has 1 N–H and O–H groups in total. The molecule has 0 aliphatic carbocycles. The summed E-state index contributed by atoms with van der Waals surface area (Å²) in [6.07, 6.45) is 0.553. The van der Waals surface area contributed by atoms with Gasteiger partial charge in [-0.15, -0.1) is 0 Å².